The average molecular weight is 1950 g/mol. The first-order valence-electron chi connectivity index (χ1n) is 44.3. The van der Waals surface area contributed by atoms with Gasteiger partial charge in [0, 0.05) is 147 Å². The van der Waals surface area contributed by atoms with Crippen molar-refractivity contribution in [3.8, 4) is 89.4 Å². The number of piperidine rings is 1. The Morgan fingerprint density at radius 1 is 0.545 bits per heavy atom. The van der Waals surface area contributed by atoms with Crippen molar-refractivity contribution in [3.05, 3.63) is 204 Å². The van der Waals surface area contributed by atoms with Gasteiger partial charge in [0.05, 0.1) is 60.1 Å². The molecular weight excluding hydrogens is 1850 g/mol. The third kappa shape index (κ3) is 18.7. The van der Waals surface area contributed by atoms with Crippen molar-refractivity contribution in [1.29, 1.82) is 0 Å². The number of nitrogens with zero attached hydrogens (tertiary/aromatic N) is 13. The van der Waals surface area contributed by atoms with Crippen LogP contribution in [-0.4, -0.2) is 222 Å². The number of aromatic nitrogens is 8. The van der Waals surface area contributed by atoms with Crippen LogP contribution < -0.4 is 42.8 Å². The van der Waals surface area contributed by atoms with Gasteiger partial charge in [-0.05, 0) is 191 Å². The molecule has 8 bridgehead atoms. The molecule has 698 valence electrons. The number of rotatable bonds is 19. The summed E-state index contributed by atoms with van der Waals surface area (Å²) in [7, 11) is 4.00. The van der Waals surface area contributed by atoms with Crippen LogP contribution in [0, 0.1) is 57.1 Å². The molecule has 3 N–H and O–H groups in total. The van der Waals surface area contributed by atoms with E-state index in [1.807, 2.05) is 27.0 Å². The summed E-state index contributed by atoms with van der Waals surface area (Å²) in [6, 6.07) is 23.7. The molecule has 37 heteroatoms. The molecule has 7 aliphatic heterocycles. The Balaban J connectivity index is 0.670. The molecule has 27 nitrogen and oxygen atoms in total. The number of aliphatic carboxylic acids is 3. The van der Waals surface area contributed by atoms with Gasteiger partial charge in [-0.15, -0.1) is 22.7 Å². The molecule has 6 aromatic heterocycles. The van der Waals surface area contributed by atoms with Crippen molar-refractivity contribution in [2.24, 2.45) is 17.8 Å². The molecule has 5 fully saturated rings. The lowest BCUT2D eigenvalue weighted by atomic mass is 9.80. The minimum atomic E-state index is -2.72. The van der Waals surface area contributed by atoms with E-state index in [4.69, 9.17) is 104 Å². The molecule has 0 amide bonds. The smallest absolute Gasteiger partial charge is 0.345 e. The van der Waals surface area contributed by atoms with Gasteiger partial charge in [0.1, 0.15) is 101 Å². The van der Waals surface area contributed by atoms with Crippen LogP contribution in [0.4, 0.5) is 23.5 Å². The van der Waals surface area contributed by atoms with E-state index in [-0.39, 0.29) is 145 Å². The molecule has 6 aromatic carbocycles. The molecule has 21 rings (SSSR count). The van der Waals surface area contributed by atoms with Crippen LogP contribution in [0.2, 0.25) is 20.1 Å². The predicted molar refractivity (Wildman–Crippen MR) is 499 cm³/mol. The Kier molecular flexibility index (Phi) is 26.2. The van der Waals surface area contributed by atoms with E-state index in [1.54, 1.807) is 91.7 Å². The fourth-order valence-electron chi connectivity index (χ4n) is 19.3. The second-order valence-corrected chi connectivity index (χ2v) is 39.0. The zero-order valence-corrected chi connectivity index (χ0v) is 78.4. The van der Waals surface area contributed by atoms with Crippen LogP contribution in [0.5, 0.6) is 46.3 Å². The van der Waals surface area contributed by atoms with E-state index in [9.17, 15) is 42.9 Å². The summed E-state index contributed by atoms with van der Waals surface area (Å²) in [6.45, 7) is 11.9. The third-order valence-corrected chi connectivity index (χ3v) is 30.8. The summed E-state index contributed by atoms with van der Waals surface area (Å²) < 4.78 is 116. The van der Waals surface area contributed by atoms with E-state index >= 15 is 4.39 Å². The summed E-state index contributed by atoms with van der Waals surface area (Å²) in [5.74, 6) is -6.34. The van der Waals surface area contributed by atoms with Crippen LogP contribution in [0.3, 0.4) is 0 Å². The zero-order chi connectivity index (χ0) is 93.4. The summed E-state index contributed by atoms with van der Waals surface area (Å²) in [5.41, 5.74) is 7.29. The molecule has 9 aliphatic rings. The first-order chi connectivity index (χ1) is 64.5. The topological polar surface area (TPSA) is 305 Å². The Hall–Kier alpha value is -11.1. The van der Waals surface area contributed by atoms with Gasteiger partial charge in [-0.25, -0.2) is 67.0 Å². The second kappa shape index (κ2) is 38.2. The molecule has 134 heavy (non-hydrogen) atoms. The lowest BCUT2D eigenvalue weighted by molar-refractivity contribution is -0.145. The van der Waals surface area contributed by atoms with Crippen molar-refractivity contribution in [3.63, 3.8) is 0 Å². The van der Waals surface area contributed by atoms with Crippen molar-refractivity contribution < 1.29 is 85.2 Å². The SMILES string of the molecule is Cc1c(Cl)c2c(Cl)c(C)c1-c1c(-c3ccc(F)c(C4CN(C[C@@H]5COc6ccc(OCc7ccnc(N8CC9C(C8)C9(F)F)n7)c(c6)C[C@H](C(=O)O)Oc6ncnc7sc(-c8ccc(F)cc8)c(c67)-c6c(C)c(Cl)c(c(Cl)c6C)O5)CCN4C)c3)sc3ncnc(c13)O[C@@H](C(=O)O)Cc1cc(ccc1OCc1ccnc(C3CCC(CC(=O)O)CC3)n1)OC[C@@H](CN1CCN(C)CC1)O2. The van der Waals surface area contributed by atoms with Crippen molar-refractivity contribution in [1.82, 2.24) is 59.5 Å². The van der Waals surface area contributed by atoms with Crippen molar-refractivity contribution in [2.45, 2.75) is 128 Å². The minimum absolute atomic E-state index is 0.00474. The molecular formula is C97H93Cl4F4N13O14S2. The number of hydrogen-bond donors (Lipinski definition) is 3. The molecule has 2 aliphatic carbocycles. The van der Waals surface area contributed by atoms with Crippen LogP contribution in [0.1, 0.15) is 100 Å². The monoisotopic (exact) mass is 1940 g/mol. The number of fused-ring (bicyclic) bond motifs is 15. The highest BCUT2D eigenvalue weighted by Gasteiger charge is 2.72. The fraction of sp³-hybridized carbons (Fsp3) is 0.392. The Labute approximate surface area is 796 Å². The van der Waals surface area contributed by atoms with E-state index in [0.717, 1.165) is 51.9 Å². The number of carbonyl (C=O) groups is 3. The van der Waals surface area contributed by atoms with Gasteiger partial charge in [0.2, 0.25) is 29.9 Å². The van der Waals surface area contributed by atoms with E-state index in [1.165, 1.54) is 59.7 Å². The third-order valence-electron chi connectivity index (χ3n) is 26.7. The Morgan fingerprint density at radius 3 is 1.57 bits per heavy atom. The number of hydrogen-bond acceptors (Lipinski definition) is 26. The van der Waals surface area contributed by atoms with E-state index < -0.39 is 77.8 Å². The second-order valence-electron chi connectivity index (χ2n) is 35.5. The number of halogens is 8. The molecule has 0 spiro atoms. The summed E-state index contributed by atoms with van der Waals surface area (Å²) in [4.78, 5) is 89.5. The lowest BCUT2D eigenvalue weighted by Crippen LogP contribution is -2.50. The molecule has 13 heterocycles. The van der Waals surface area contributed by atoms with Crippen LogP contribution in [0.25, 0.3) is 63.6 Å². The number of carboxylic acid groups (broad SMARTS) is 3. The fourth-order valence-corrected chi connectivity index (χ4v) is 22.6. The van der Waals surface area contributed by atoms with Gasteiger partial charge in [-0.2, -0.15) is 0 Å². The Bertz CT molecular complexity index is 6500. The molecule has 0 radical (unpaired) electrons. The van der Waals surface area contributed by atoms with E-state index in [0.29, 0.717) is 151 Å². The first kappa shape index (κ1) is 92.0. The highest BCUT2D eigenvalue weighted by molar-refractivity contribution is 7.23. The Morgan fingerprint density at radius 2 is 1.04 bits per heavy atom. The average Bonchev–Trinajstić information content (AvgIpc) is 1.54. The standard InChI is InChI=1S/C97H93Cl4F4N13O14S2/c1-48-75-49(2)82(99)86(81(48)98)130-64(45-126-62-17-20-71(128-43-60-22-24-107-96(113-60)118-39-66-67(40-118)97(66,104)105)57(33-62)36-72(94(121)122)131-90-79-77(75)87(133-92(79)110-46-108-90)53-11-14-58(102)15-12-53)38-117-30-27-115(6)69(41-117)65-34-55(13-18-68(65)103)88-78-76-50(3)83(100)85(84(101)51(76)4)129-63(37-116-28-25-114(5)26-29-116)44-125-61-16-19-70(56(32-61)35-73(95(123)124)132-91-80(78)93(134-88)111-47-109-91)127-42-59-21-23-106-89(112-59)54-9-7-52(8-10-54)31-74(119)120/h11-24,32-34,46-47,52,54,63-64,66-67,69,72-73H,7-10,25-31,35-45H2,1-6H3,(H,119,120)(H,121,122)(H,123,124)/t52?,54?,63-,64-,66?,67?,69?,72-,73-/m1/s1. The number of ether oxygens (including phenoxy) is 8. The van der Waals surface area contributed by atoms with Crippen molar-refractivity contribution in [2.75, 3.05) is 104 Å². The number of anilines is 1. The maximum Gasteiger partial charge on any atom is 0.345 e. The summed E-state index contributed by atoms with van der Waals surface area (Å²) >= 11 is 33.3. The molecule has 2 saturated carbocycles. The number of carboxylic acids is 3. The van der Waals surface area contributed by atoms with Crippen LogP contribution in [-0.2, 0) is 40.4 Å². The highest BCUT2D eigenvalue weighted by atomic mass is 35.5. The van der Waals surface area contributed by atoms with Gasteiger partial charge in [-0.3, -0.25) is 19.5 Å². The number of likely N-dealkylation sites (N-methyl/N-ethyl adjacent to an activating group) is 2. The first-order valence-corrected chi connectivity index (χ1v) is 47.5. The lowest BCUT2D eigenvalue weighted by Gasteiger charge is -2.41. The maximum atomic E-state index is 17.7. The number of alkyl halides is 2. The molecule has 3 saturated heterocycles. The number of thiophene rings is 2. The maximum absolute atomic E-state index is 17.7. The van der Waals surface area contributed by atoms with Crippen LogP contribution >= 0.6 is 69.1 Å². The molecule has 3 unspecified atom stereocenters. The largest absolute Gasteiger partial charge is 0.490 e. The van der Waals surface area contributed by atoms with Gasteiger partial charge in [0.15, 0.2) is 11.5 Å². The van der Waals surface area contributed by atoms with Gasteiger partial charge < -0.3 is 63.0 Å². The van der Waals surface area contributed by atoms with Crippen molar-refractivity contribution >= 4 is 113 Å². The molecule has 7 atom stereocenters. The quantitative estimate of drug-likeness (QED) is 0.0633. The summed E-state index contributed by atoms with van der Waals surface area (Å²) in [6.07, 6.45) is 3.42. The number of benzene rings is 6. The predicted octanol–water partition coefficient (Wildman–Crippen LogP) is 18.3. The summed E-state index contributed by atoms with van der Waals surface area (Å²) in [5, 5.41) is 33.5. The van der Waals surface area contributed by atoms with Crippen LogP contribution in [0.15, 0.2) is 116 Å². The van der Waals surface area contributed by atoms with Gasteiger partial charge in [0.25, 0.3) is 5.92 Å². The minimum Gasteiger partial charge on any atom is -0.490 e. The normalized spacial score (nSPS) is 21.7. The van der Waals surface area contributed by atoms with Gasteiger partial charge in [-0.1, -0.05) is 64.6 Å². The zero-order valence-electron chi connectivity index (χ0n) is 73.7. The number of piperazine rings is 2. The van der Waals surface area contributed by atoms with Gasteiger partial charge >= 0.3 is 17.9 Å². The molecule has 12 aromatic rings. The van der Waals surface area contributed by atoms with E-state index in [2.05, 4.69) is 46.6 Å². The highest BCUT2D eigenvalue weighted by Crippen LogP contribution is 2.60.